The fraction of sp³-hybridized carbons (Fsp3) is 0.472. The van der Waals surface area contributed by atoms with E-state index >= 15 is 0 Å². The van der Waals surface area contributed by atoms with Gasteiger partial charge in [0.2, 0.25) is 11.8 Å². The molecule has 3 heterocycles. The van der Waals surface area contributed by atoms with Crippen LogP contribution in [0.1, 0.15) is 62.0 Å². The zero-order valence-electron chi connectivity index (χ0n) is 27.9. The summed E-state index contributed by atoms with van der Waals surface area (Å²) in [5.74, 6) is -1.55. The van der Waals surface area contributed by atoms with Crippen molar-refractivity contribution in [2.24, 2.45) is 11.8 Å². The number of cyclic esters (lactones) is 1. The lowest BCUT2D eigenvalue weighted by atomic mass is 9.93. The van der Waals surface area contributed by atoms with Crippen LogP contribution in [0.2, 0.25) is 0 Å². The van der Waals surface area contributed by atoms with E-state index in [2.05, 4.69) is 10.3 Å². The molecule has 0 aliphatic carbocycles. The normalized spacial score (nSPS) is 26.4. The third-order valence-corrected chi connectivity index (χ3v) is 8.26. The molecule has 1 aromatic heterocycles. The van der Waals surface area contributed by atoms with Crippen molar-refractivity contribution in [3.63, 3.8) is 0 Å². The first-order valence-electron chi connectivity index (χ1n) is 16.2. The van der Waals surface area contributed by atoms with Crippen molar-refractivity contribution in [3.05, 3.63) is 83.6 Å². The zero-order chi connectivity index (χ0) is 34.6. The van der Waals surface area contributed by atoms with E-state index in [-0.39, 0.29) is 61.1 Å². The minimum absolute atomic E-state index is 0.0171. The van der Waals surface area contributed by atoms with Crippen LogP contribution in [0.3, 0.4) is 0 Å². The summed E-state index contributed by atoms with van der Waals surface area (Å²) in [4.78, 5) is 57.9. The summed E-state index contributed by atoms with van der Waals surface area (Å²) in [5.41, 5.74) is 1.65. The van der Waals surface area contributed by atoms with Gasteiger partial charge in [-0.1, -0.05) is 55.9 Å². The molecule has 48 heavy (non-hydrogen) atoms. The van der Waals surface area contributed by atoms with Crippen LogP contribution in [0.15, 0.2) is 70.9 Å². The number of carbonyl (C=O) groups is 4. The van der Waals surface area contributed by atoms with Crippen molar-refractivity contribution < 1.29 is 42.9 Å². The van der Waals surface area contributed by atoms with E-state index in [0.717, 1.165) is 11.3 Å². The summed E-state index contributed by atoms with van der Waals surface area (Å²) in [7, 11) is 1.60. The molecule has 2 amide bonds. The van der Waals surface area contributed by atoms with Gasteiger partial charge < -0.3 is 34.0 Å². The van der Waals surface area contributed by atoms with Crippen LogP contribution >= 0.6 is 0 Å². The van der Waals surface area contributed by atoms with Crippen molar-refractivity contribution in [1.82, 2.24) is 15.2 Å². The Labute approximate surface area is 280 Å². The molecule has 0 radical (unpaired) electrons. The lowest BCUT2D eigenvalue weighted by Gasteiger charge is -2.31. The van der Waals surface area contributed by atoms with Gasteiger partial charge in [0, 0.05) is 31.3 Å². The molecule has 0 unspecified atom stereocenters. The molecule has 12 nitrogen and oxygen atoms in total. The van der Waals surface area contributed by atoms with Crippen molar-refractivity contribution in [3.8, 4) is 5.75 Å². The molecule has 12 heteroatoms. The molecule has 2 aliphatic heterocycles. The van der Waals surface area contributed by atoms with E-state index in [9.17, 15) is 24.3 Å². The molecule has 2 aromatic rings. The second-order valence-electron chi connectivity index (χ2n) is 12.3. The highest BCUT2D eigenvalue weighted by atomic mass is 16.5. The van der Waals surface area contributed by atoms with Crippen LogP contribution < -0.4 is 10.1 Å². The summed E-state index contributed by atoms with van der Waals surface area (Å²) in [6, 6.07) is 6.69. The number of aliphatic hydroxyl groups is 1. The smallest absolute Gasteiger partial charge is 0.329 e. The second kappa shape index (κ2) is 17.6. The number of nitrogens with zero attached hydrogens (tertiary/aromatic N) is 2. The standard InChI is InChI=1S/C36H45N3O9/c1-23-7-5-15-37-32(42)14-9-24(2)34(25(3)20-46-21-26-10-12-29(45-4)13-11-26)48-36(44)31-8-6-16-39(31)35(43)30-22-47-33(38-30)19-28(41)18-27(40)17-23/h5,7,9-14,17,22,24-25,27,31,34,40H,6,8,15-16,18-21H2,1-4H3,(H,37,42)/b7-5+,14-9+,23-17+/t24-,25+,27-,31-,34+/m1/s1. The Hall–Kier alpha value is -4.55. The highest BCUT2D eigenvalue weighted by Gasteiger charge is 2.39. The number of hydrogen-bond acceptors (Lipinski definition) is 10. The third kappa shape index (κ3) is 10.5. The Morgan fingerprint density at radius 2 is 1.92 bits per heavy atom. The van der Waals surface area contributed by atoms with E-state index < -0.39 is 30.1 Å². The lowest BCUT2D eigenvalue weighted by molar-refractivity contribution is -0.159. The molecule has 1 fully saturated rings. The number of esters is 1. The molecular formula is C36H45N3O9. The molecule has 0 saturated carbocycles. The van der Waals surface area contributed by atoms with E-state index in [0.29, 0.717) is 31.6 Å². The maximum Gasteiger partial charge on any atom is 0.329 e. The van der Waals surface area contributed by atoms with Gasteiger partial charge in [-0.3, -0.25) is 14.4 Å². The number of hydrogen-bond donors (Lipinski definition) is 2. The number of aromatic nitrogens is 1. The molecule has 1 saturated heterocycles. The number of aliphatic hydroxyl groups excluding tert-OH is 1. The fourth-order valence-electron chi connectivity index (χ4n) is 5.73. The SMILES string of the molecule is COc1ccc(COC[C@H](C)[C@H]2OC(=O)[C@H]3CCCN3C(=O)c3coc(n3)CC(=O)C[C@H](O)/C=C(C)/C=C/CNC(=O)/C=C/[C@H]2C)cc1. The van der Waals surface area contributed by atoms with Crippen molar-refractivity contribution in [2.45, 2.75) is 71.3 Å². The van der Waals surface area contributed by atoms with Gasteiger partial charge in [-0.25, -0.2) is 9.78 Å². The van der Waals surface area contributed by atoms with Crippen LogP contribution in [0.4, 0.5) is 0 Å². The molecule has 5 atom stereocenters. The second-order valence-corrected chi connectivity index (χ2v) is 12.3. The number of oxazole rings is 1. The number of Topliss-reactive ketones (excluding diaryl/α,β-unsaturated/α-hetero) is 1. The molecule has 2 N–H and O–H groups in total. The number of amides is 2. The van der Waals surface area contributed by atoms with Crippen LogP contribution in [0, 0.1) is 11.8 Å². The summed E-state index contributed by atoms with van der Waals surface area (Å²) >= 11 is 0. The van der Waals surface area contributed by atoms with Gasteiger partial charge in [0.15, 0.2) is 5.69 Å². The molecule has 2 bridgehead atoms. The minimum Gasteiger partial charge on any atom is -0.497 e. The number of methoxy groups -OCH3 is 1. The number of ketones is 1. The number of benzene rings is 1. The third-order valence-electron chi connectivity index (χ3n) is 8.26. The number of fused-ring (bicyclic) bond motifs is 3. The quantitative estimate of drug-likeness (QED) is 0.437. The summed E-state index contributed by atoms with van der Waals surface area (Å²) in [6.45, 7) is 6.73. The Balaban J connectivity index is 1.54. The Morgan fingerprint density at radius 3 is 2.67 bits per heavy atom. The largest absolute Gasteiger partial charge is 0.497 e. The summed E-state index contributed by atoms with van der Waals surface area (Å²) in [5, 5.41) is 13.1. The maximum atomic E-state index is 13.7. The van der Waals surface area contributed by atoms with Crippen molar-refractivity contribution in [1.29, 1.82) is 0 Å². The van der Waals surface area contributed by atoms with Crippen LogP contribution in [0.5, 0.6) is 5.75 Å². The zero-order valence-corrected chi connectivity index (χ0v) is 27.9. The predicted octanol–water partition coefficient (Wildman–Crippen LogP) is 3.74. The number of ether oxygens (including phenoxy) is 3. The van der Waals surface area contributed by atoms with E-state index in [1.165, 1.54) is 17.2 Å². The van der Waals surface area contributed by atoms with Gasteiger partial charge in [0.1, 0.15) is 29.9 Å². The maximum absolute atomic E-state index is 13.7. The molecule has 0 spiro atoms. The van der Waals surface area contributed by atoms with Gasteiger partial charge in [-0.2, -0.15) is 0 Å². The van der Waals surface area contributed by atoms with Crippen molar-refractivity contribution in [2.75, 3.05) is 26.8 Å². The molecule has 258 valence electrons. The van der Waals surface area contributed by atoms with E-state index in [1.54, 1.807) is 38.3 Å². The van der Waals surface area contributed by atoms with E-state index in [4.69, 9.17) is 18.6 Å². The van der Waals surface area contributed by atoms with Gasteiger partial charge in [0.25, 0.3) is 5.91 Å². The first-order valence-corrected chi connectivity index (χ1v) is 16.2. The number of carbonyl (C=O) groups excluding carboxylic acids is 4. The average Bonchev–Trinajstić information content (AvgIpc) is 3.74. The van der Waals surface area contributed by atoms with E-state index in [1.807, 2.05) is 38.1 Å². The molecule has 2 aliphatic rings. The van der Waals surface area contributed by atoms with Crippen LogP contribution in [-0.2, 0) is 36.9 Å². The topological polar surface area (TPSA) is 158 Å². The summed E-state index contributed by atoms with van der Waals surface area (Å²) in [6.07, 6.45) is 8.24. The summed E-state index contributed by atoms with van der Waals surface area (Å²) < 4.78 is 22.7. The predicted molar refractivity (Wildman–Crippen MR) is 176 cm³/mol. The number of nitrogens with one attached hydrogen (secondary N) is 1. The molecule has 1 aromatic carbocycles. The van der Waals surface area contributed by atoms with Crippen LogP contribution in [-0.4, -0.2) is 83.6 Å². The Morgan fingerprint density at radius 1 is 1.15 bits per heavy atom. The average molecular weight is 664 g/mol. The monoisotopic (exact) mass is 663 g/mol. The van der Waals surface area contributed by atoms with Gasteiger partial charge in [-0.05, 0) is 43.5 Å². The molecular weight excluding hydrogens is 618 g/mol. The minimum atomic E-state index is -1.03. The number of allylic oxidation sites excluding steroid dienone is 2. The Bertz CT molecular complexity index is 1510. The highest BCUT2D eigenvalue weighted by molar-refractivity contribution is 5.95. The number of rotatable bonds is 6. The fourth-order valence-corrected chi connectivity index (χ4v) is 5.73. The van der Waals surface area contributed by atoms with Gasteiger partial charge >= 0.3 is 5.97 Å². The first kappa shape index (κ1) is 36.3. The Kier molecular flexibility index (Phi) is 13.3. The van der Waals surface area contributed by atoms with Gasteiger partial charge in [-0.15, -0.1) is 0 Å². The first-order chi connectivity index (χ1) is 23.0. The lowest BCUT2D eigenvalue weighted by Crippen LogP contribution is -2.44. The van der Waals surface area contributed by atoms with Gasteiger partial charge in [0.05, 0.1) is 32.8 Å². The van der Waals surface area contributed by atoms with Crippen molar-refractivity contribution >= 4 is 23.6 Å². The highest BCUT2D eigenvalue weighted by Crippen LogP contribution is 2.26. The molecule has 4 rings (SSSR count). The van der Waals surface area contributed by atoms with Crippen LogP contribution in [0.25, 0.3) is 0 Å².